The summed E-state index contributed by atoms with van der Waals surface area (Å²) in [6, 6.07) is 18.6. The summed E-state index contributed by atoms with van der Waals surface area (Å²) in [4.78, 5) is 12.3. The molecule has 0 unspecified atom stereocenters. The van der Waals surface area contributed by atoms with Crippen LogP contribution in [0.3, 0.4) is 0 Å². The number of hydrogen-bond donors (Lipinski definition) is 2. The quantitative estimate of drug-likeness (QED) is 0.370. The number of benzene rings is 3. The molecule has 0 heterocycles. The second-order valence-corrected chi connectivity index (χ2v) is 6.61. The molecule has 0 saturated carbocycles. The molecule has 0 saturated heterocycles. The Morgan fingerprint density at radius 3 is 2.33 bits per heavy atom. The van der Waals surface area contributed by atoms with Crippen LogP contribution in [0, 0.1) is 3.57 Å². The molecular formula is C19H15IN2O2. The highest BCUT2D eigenvalue weighted by atomic mass is 127. The zero-order valence-corrected chi connectivity index (χ0v) is 15.1. The van der Waals surface area contributed by atoms with Gasteiger partial charge < -0.3 is 5.11 Å². The van der Waals surface area contributed by atoms with Crippen LogP contribution in [0.25, 0.3) is 10.8 Å². The van der Waals surface area contributed by atoms with E-state index in [-0.39, 0.29) is 11.3 Å². The summed E-state index contributed by atoms with van der Waals surface area (Å²) in [6.07, 6.45) is 0. The van der Waals surface area contributed by atoms with Crippen LogP contribution in [-0.2, 0) is 0 Å². The molecular weight excluding hydrogens is 415 g/mol. The number of phenols is 1. The van der Waals surface area contributed by atoms with E-state index >= 15 is 0 Å². The van der Waals surface area contributed by atoms with Crippen molar-refractivity contribution in [2.45, 2.75) is 6.92 Å². The normalized spacial score (nSPS) is 11.5. The number of carbonyl (C=O) groups is 1. The number of amides is 1. The van der Waals surface area contributed by atoms with E-state index in [2.05, 4.69) is 33.1 Å². The zero-order chi connectivity index (χ0) is 17.1. The van der Waals surface area contributed by atoms with Crippen molar-refractivity contribution < 1.29 is 9.90 Å². The van der Waals surface area contributed by atoms with Crippen molar-refractivity contribution >= 4 is 45.0 Å². The van der Waals surface area contributed by atoms with E-state index in [0.29, 0.717) is 5.71 Å². The van der Waals surface area contributed by atoms with Gasteiger partial charge in [0.15, 0.2) is 0 Å². The van der Waals surface area contributed by atoms with Gasteiger partial charge in [-0.15, -0.1) is 0 Å². The lowest BCUT2D eigenvalue weighted by Gasteiger charge is -2.07. The third kappa shape index (κ3) is 3.56. The molecule has 0 aliphatic carbocycles. The van der Waals surface area contributed by atoms with Crippen LogP contribution in [0.2, 0.25) is 0 Å². The first kappa shape index (κ1) is 16.4. The topological polar surface area (TPSA) is 61.7 Å². The predicted octanol–water partition coefficient (Wildman–Crippen LogP) is 4.30. The number of rotatable bonds is 3. The van der Waals surface area contributed by atoms with Crippen LogP contribution in [0.1, 0.15) is 22.8 Å². The Hall–Kier alpha value is -2.41. The third-order valence-corrected chi connectivity index (χ3v) is 4.41. The first-order valence-corrected chi connectivity index (χ1v) is 8.45. The van der Waals surface area contributed by atoms with Crippen LogP contribution in [0.4, 0.5) is 0 Å². The second-order valence-electron chi connectivity index (χ2n) is 5.36. The first-order valence-electron chi connectivity index (χ1n) is 7.37. The molecule has 0 fully saturated rings. The van der Waals surface area contributed by atoms with Crippen molar-refractivity contribution in [2.24, 2.45) is 5.10 Å². The van der Waals surface area contributed by atoms with E-state index in [9.17, 15) is 9.90 Å². The predicted molar refractivity (Wildman–Crippen MR) is 104 cm³/mol. The maximum absolute atomic E-state index is 12.3. The highest BCUT2D eigenvalue weighted by molar-refractivity contribution is 14.1. The van der Waals surface area contributed by atoms with Gasteiger partial charge in [0.05, 0.1) is 11.3 Å². The molecule has 5 heteroatoms. The summed E-state index contributed by atoms with van der Waals surface area (Å²) in [5, 5.41) is 16.0. The lowest BCUT2D eigenvalue weighted by molar-refractivity contribution is 0.0952. The number of fused-ring (bicyclic) bond motifs is 1. The van der Waals surface area contributed by atoms with Crippen molar-refractivity contribution in [3.63, 3.8) is 0 Å². The summed E-state index contributed by atoms with van der Waals surface area (Å²) in [7, 11) is 0. The van der Waals surface area contributed by atoms with Crippen LogP contribution in [-0.4, -0.2) is 16.7 Å². The molecule has 0 aliphatic heterocycles. The van der Waals surface area contributed by atoms with Crippen molar-refractivity contribution in [1.82, 2.24) is 5.43 Å². The fourth-order valence-electron chi connectivity index (χ4n) is 2.36. The number of aromatic hydroxyl groups is 1. The van der Waals surface area contributed by atoms with Crippen LogP contribution < -0.4 is 5.43 Å². The number of halogens is 1. The SMILES string of the molecule is C/C(=N\NC(=O)c1cc2ccccc2cc1O)c1ccc(I)cc1. The number of carbonyl (C=O) groups excluding carboxylic acids is 1. The molecule has 3 aromatic carbocycles. The average molecular weight is 430 g/mol. The molecule has 120 valence electrons. The summed E-state index contributed by atoms with van der Waals surface area (Å²) in [5.74, 6) is -0.503. The molecule has 1 amide bonds. The van der Waals surface area contributed by atoms with Gasteiger partial charge in [-0.05, 0) is 70.1 Å². The summed E-state index contributed by atoms with van der Waals surface area (Å²) < 4.78 is 1.13. The fraction of sp³-hybridized carbons (Fsp3) is 0.0526. The minimum atomic E-state index is -0.442. The third-order valence-electron chi connectivity index (χ3n) is 3.70. The first-order chi connectivity index (χ1) is 11.5. The largest absolute Gasteiger partial charge is 0.507 e. The Kier molecular flexibility index (Phi) is 4.80. The average Bonchev–Trinajstić information content (AvgIpc) is 2.59. The van der Waals surface area contributed by atoms with E-state index in [1.807, 2.05) is 55.5 Å². The lowest BCUT2D eigenvalue weighted by atomic mass is 10.1. The number of nitrogens with one attached hydrogen (secondary N) is 1. The van der Waals surface area contributed by atoms with Crippen molar-refractivity contribution in [2.75, 3.05) is 0 Å². The van der Waals surface area contributed by atoms with Gasteiger partial charge in [0.1, 0.15) is 5.75 Å². The molecule has 0 aromatic heterocycles. The number of hydrazone groups is 1. The molecule has 0 aliphatic rings. The molecule has 2 N–H and O–H groups in total. The maximum atomic E-state index is 12.3. The number of hydrogen-bond acceptors (Lipinski definition) is 3. The maximum Gasteiger partial charge on any atom is 0.275 e. The molecule has 24 heavy (non-hydrogen) atoms. The minimum Gasteiger partial charge on any atom is -0.507 e. The Labute approximate surface area is 153 Å². The number of nitrogens with zero attached hydrogens (tertiary/aromatic N) is 1. The molecule has 0 spiro atoms. The molecule has 0 radical (unpaired) electrons. The molecule has 3 aromatic rings. The Bertz CT molecular complexity index is 934. The van der Waals surface area contributed by atoms with E-state index in [1.165, 1.54) is 0 Å². The molecule has 0 atom stereocenters. The van der Waals surface area contributed by atoms with Crippen LogP contribution >= 0.6 is 22.6 Å². The monoisotopic (exact) mass is 430 g/mol. The fourth-order valence-corrected chi connectivity index (χ4v) is 2.72. The van der Waals surface area contributed by atoms with Crippen molar-refractivity contribution in [3.05, 3.63) is 75.4 Å². The zero-order valence-electron chi connectivity index (χ0n) is 13.0. The van der Waals surface area contributed by atoms with E-state index in [1.54, 1.807) is 12.1 Å². The molecule has 3 rings (SSSR count). The van der Waals surface area contributed by atoms with Crippen LogP contribution in [0.15, 0.2) is 65.8 Å². The smallest absolute Gasteiger partial charge is 0.275 e. The van der Waals surface area contributed by atoms with Gasteiger partial charge in [-0.2, -0.15) is 5.10 Å². The van der Waals surface area contributed by atoms with Gasteiger partial charge in [0.2, 0.25) is 0 Å². The van der Waals surface area contributed by atoms with E-state index in [0.717, 1.165) is 19.9 Å². The summed E-state index contributed by atoms with van der Waals surface area (Å²) >= 11 is 2.23. The van der Waals surface area contributed by atoms with Gasteiger partial charge in [-0.3, -0.25) is 4.79 Å². The Morgan fingerprint density at radius 2 is 1.67 bits per heavy atom. The highest BCUT2D eigenvalue weighted by Gasteiger charge is 2.12. The summed E-state index contributed by atoms with van der Waals surface area (Å²) in [6.45, 7) is 1.82. The summed E-state index contributed by atoms with van der Waals surface area (Å²) in [5.41, 5.74) is 4.33. The second kappa shape index (κ2) is 7.00. The van der Waals surface area contributed by atoms with Gasteiger partial charge >= 0.3 is 0 Å². The Morgan fingerprint density at radius 1 is 1.04 bits per heavy atom. The number of phenolic OH excluding ortho intramolecular Hbond substituents is 1. The standard InChI is InChI=1S/C19H15IN2O2/c1-12(13-6-8-16(20)9-7-13)21-22-19(24)17-10-14-4-2-3-5-15(14)11-18(17)23/h2-11,23H,1H3,(H,22,24)/b21-12+. The van der Waals surface area contributed by atoms with E-state index < -0.39 is 5.91 Å². The van der Waals surface area contributed by atoms with E-state index in [4.69, 9.17) is 0 Å². The molecule has 4 nitrogen and oxygen atoms in total. The minimum absolute atomic E-state index is 0.0617. The van der Waals surface area contributed by atoms with Crippen molar-refractivity contribution in [1.29, 1.82) is 0 Å². The Balaban J connectivity index is 1.83. The lowest BCUT2D eigenvalue weighted by Crippen LogP contribution is -2.19. The molecule has 0 bridgehead atoms. The van der Waals surface area contributed by atoms with Crippen molar-refractivity contribution in [3.8, 4) is 5.75 Å². The van der Waals surface area contributed by atoms with Crippen LogP contribution in [0.5, 0.6) is 5.75 Å². The van der Waals surface area contributed by atoms with Gasteiger partial charge in [-0.25, -0.2) is 5.43 Å². The van der Waals surface area contributed by atoms with Gasteiger partial charge in [0.25, 0.3) is 5.91 Å². The highest BCUT2D eigenvalue weighted by Crippen LogP contribution is 2.24. The van der Waals surface area contributed by atoms with Gasteiger partial charge in [-0.1, -0.05) is 36.4 Å². The van der Waals surface area contributed by atoms with Gasteiger partial charge in [0, 0.05) is 3.57 Å².